The van der Waals surface area contributed by atoms with E-state index < -0.39 is 5.97 Å². The monoisotopic (exact) mass is 227 g/mol. The first-order valence-corrected chi connectivity index (χ1v) is 5.60. The van der Waals surface area contributed by atoms with E-state index in [1.165, 1.54) is 0 Å². The number of rotatable bonds is 3. The van der Waals surface area contributed by atoms with Gasteiger partial charge in [-0.25, -0.2) is 4.79 Å². The van der Waals surface area contributed by atoms with Crippen LogP contribution in [0.15, 0.2) is 5.16 Å². The second kappa shape index (κ2) is 4.44. The lowest BCUT2D eigenvalue weighted by Crippen LogP contribution is -2.34. The van der Waals surface area contributed by atoms with Crippen molar-refractivity contribution in [3.63, 3.8) is 0 Å². The summed E-state index contributed by atoms with van der Waals surface area (Å²) in [5.41, 5.74) is 1.41. The second-order valence-electron chi connectivity index (χ2n) is 6.18. The van der Waals surface area contributed by atoms with Crippen molar-refractivity contribution in [1.29, 1.82) is 0 Å². The Morgan fingerprint density at radius 2 is 1.81 bits per heavy atom. The van der Waals surface area contributed by atoms with Crippen molar-refractivity contribution in [2.45, 2.75) is 47.0 Å². The van der Waals surface area contributed by atoms with Crippen LogP contribution in [0.3, 0.4) is 0 Å². The predicted molar refractivity (Wildman–Crippen MR) is 62.4 cm³/mol. The summed E-state index contributed by atoms with van der Waals surface area (Å²) in [7, 11) is 0. The minimum atomic E-state index is -0.987. The lowest BCUT2D eigenvalue weighted by molar-refractivity contribution is -0.142. The van der Waals surface area contributed by atoms with Gasteiger partial charge in [0.25, 0.3) is 0 Å². The molecule has 0 aromatic rings. The van der Waals surface area contributed by atoms with Gasteiger partial charge >= 0.3 is 5.97 Å². The highest BCUT2D eigenvalue weighted by molar-refractivity contribution is 5.86. The van der Waals surface area contributed by atoms with Gasteiger partial charge in [0.1, 0.15) is 0 Å². The SMILES string of the molecule is CC1(C)CC(=NOCC(=O)O)CC(C)(C)C1. The van der Waals surface area contributed by atoms with E-state index in [4.69, 9.17) is 9.94 Å². The summed E-state index contributed by atoms with van der Waals surface area (Å²) in [5.74, 6) is -0.987. The molecule has 0 aliphatic heterocycles. The summed E-state index contributed by atoms with van der Waals surface area (Å²) in [6.45, 7) is 8.48. The third kappa shape index (κ3) is 4.21. The molecule has 16 heavy (non-hydrogen) atoms. The van der Waals surface area contributed by atoms with Crippen LogP contribution in [0.5, 0.6) is 0 Å². The van der Waals surface area contributed by atoms with Crippen LogP contribution in [-0.4, -0.2) is 23.4 Å². The number of hydrogen-bond donors (Lipinski definition) is 1. The van der Waals surface area contributed by atoms with E-state index in [9.17, 15) is 4.79 Å². The molecule has 0 aromatic carbocycles. The molecule has 1 rings (SSSR count). The Bertz CT molecular complexity index is 287. The number of oxime groups is 1. The third-order valence-corrected chi connectivity index (χ3v) is 2.70. The van der Waals surface area contributed by atoms with E-state index in [1.54, 1.807) is 0 Å². The smallest absolute Gasteiger partial charge is 0.344 e. The number of carboxylic acid groups (broad SMARTS) is 1. The van der Waals surface area contributed by atoms with Crippen molar-refractivity contribution in [1.82, 2.24) is 0 Å². The number of carbonyl (C=O) groups is 1. The summed E-state index contributed by atoms with van der Waals surface area (Å²) in [6, 6.07) is 0. The van der Waals surface area contributed by atoms with Crippen LogP contribution in [0.4, 0.5) is 0 Å². The third-order valence-electron chi connectivity index (χ3n) is 2.70. The molecule has 0 unspecified atom stereocenters. The Kier molecular flexibility index (Phi) is 3.61. The molecule has 0 radical (unpaired) electrons. The topological polar surface area (TPSA) is 58.9 Å². The van der Waals surface area contributed by atoms with Gasteiger partial charge in [0.2, 0.25) is 6.61 Å². The summed E-state index contributed by atoms with van der Waals surface area (Å²) in [5, 5.41) is 12.4. The van der Waals surface area contributed by atoms with Crippen molar-refractivity contribution < 1.29 is 14.7 Å². The lowest BCUT2D eigenvalue weighted by Gasteiger charge is -2.40. The average molecular weight is 227 g/mol. The molecular weight excluding hydrogens is 206 g/mol. The van der Waals surface area contributed by atoms with E-state index in [0.717, 1.165) is 25.0 Å². The number of nitrogens with zero attached hydrogens (tertiary/aromatic N) is 1. The van der Waals surface area contributed by atoms with Gasteiger partial charge in [0, 0.05) is 0 Å². The molecule has 0 heterocycles. The molecule has 4 heteroatoms. The molecule has 0 bridgehead atoms. The Morgan fingerprint density at radius 1 is 1.31 bits per heavy atom. The molecule has 0 aromatic heterocycles. The molecular formula is C12H21NO3. The van der Waals surface area contributed by atoms with Gasteiger partial charge in [-0.2, -0.15) is 0 Å². The fraction of sp³-hybridized carbons (Fsp3) is 0.833. The van der Waals surface area contributed by atoms with Gasteiger partial charge < -0.3 is 9.94 Å². The lowest BCUT2D eigenvalue weighted by atomic mass is 9.65. The fourth-order valence-corrected chi connectivity index (χ4v) is 2.83. The van der Waals surface area contributed by atoms with Gasteiger partial charge in [-0.1, -0.05) is 32.9 Å². The van der Waals surface area contributed by atoms with Crippen molar-refractivity contribution in [3.05, 3.63) is 0 Å². The van der Waals surface area contributed by atoms with Crippen molar-refractivity contribution in [3.8, 4) is 0 Å². The maximum atomic E-state index is 10.3. The summed E-state index contributed by atoms with van der Waals surface area (Å²) < 4.78 is 0. The highest BCUT2D eigenvalue weighted by Gasteiger charge is 2.36. The molecule has 0 amide bonds. The summed E-state index contributed by atoms with van der Waals surface area (Å²) in [4.78, 5) is 15.1. The van der Waals surface area contributed by atoms with Gasteiger partial charge in [-0.3, -0.25) is 0 Å². The van der Waals surface area contributed by atoms with Crippen molar-refractivity contribution >= 4 is 11.7 Å². The number of carboxylic acids is 1. The minimum Gasteiger partial charge on any atom is -0.479 e. The molecule has 4 nitrogen and oxygen atoms in total. The van der Waals surface area contributed by atoms with Crippen LogP contribution in [0.2, 0.25) is 0 Å². The second-order valence-corrected chi connectivity index (χ2v) is 6.18. The van der Waals surface area contributed by atoms with Gasteiger partial charge in [0.05, 0.1) is 5.71 Å². The molecule has 92 valence electrons. The molecule has 1 saturated carbocycles. The summed E-state index contributed by atoms with van der Waals surface area (Å²) >= 11 is 0. The number of aliphatic carboxylic acids is 1. The Labute approximate surface area is 96.7 Å². The zero-order valence-corrected chi connectivity index (χ0v) is 10.5. The quantitative estimate of drug-likeness (QED) is 0.754. The van der Waals surface area contributed by atoms with E-state index >= 15 is 0 Å². The van der Waals surface area contributed by atoms with Crippen molar-refractivity contribution in [2.24, 2.45) is 16.0 Å². The molecule has 0 saturated heterocycles. The predicted octanol–water partition coefficient (Wildman–Crippen LogP) is 2.68. The fourth-order valence-electron chi connectivity index (χ4n) is 2.83. The standard InChI is InChI=1S/C12H21NO3/c1-11(2)5-9(6-12(3,4)8-11)13-16-7-10(14)15/h5-8H2,1-4H3,(H,14,15). The maximum Gasteiger partial charge on any atom is 0.344 e. The Morgan fingerprint density at radius 3 is 2.25 bits per heavy atom. The number of hydrogen-bond acceptors (Lipinski definition) is 3. The van der Waals surface area contributed by atoms with E-state index in [1.807, 2.05) is 0 Å². The zero-order valence-electron chi connectivity index (χ0n) is 10.5. The van der Waals surface area contributed by atoms with E-state index in [2.05, 4.69) is 32.9 Å². The van der Waals surface area contributed by atoms with Crippen LogP contribution in [0.25, 0.3) is 0 Å². The summed E-state index contributed by atoms with van der Waals surface area (Å²) in [6.07, 6.45) is 2.92. The highest BCUT2D eigenvalue weighted by Crippen LogP contribution is 2.44. The molecule has 0 spiro atoms. The van der Waals surface area contributed by atoms with Gasteiger partial charge in [0.15, 0.2) is 0 Å². The first kappa shape index (κ1) is 13.0. The molecule has 1 aliphatic rings. The highest BCUT2D eigenvalue weighted by atomic mass is 16.6. The van der Waals surface area contributed by atoms with Gasteiger partial charge in [-0.15, -0.1) is 0 Å². The Hall–Kier alpha value is -1.06. The molecule has 1 aliphatic carbocycles. The first-order valence-electron chi connectivity index (χ1n) is 5.60. The van der Waals surface area contributed by atoms with Crippen molar-refractivity contribution in [2.75, 3.05) is 6.61 Å². The molecule has 1 N–H and O–H groups in total. The van der Waals surface area contributed by atoms with E-state index in [0.29, 0.717) is 0 Å². The zero-order chi connectivity index (χ0) is 12.4. The molecule has 1 fully saturated rings. The minimum absolute atomic E-state index is 0.215. The van der Waals surface area contributed by atoms with Gasteiger partial charge in [-0.05, 0) is 30.1 Å². The first-order chi connectivity index (χ1) is 7.20. The van der Waals surface area contributed by atoms with Crippen LogP contribution in [0.1, 0.15) is 47.0 Å². The van der Waals surface area contributed by atoms with E-state index in [-0.39, 0.29) is 17.4 Å². The average Bonchev–Trinajstić information content (AvgIpc) is 1.96. The van der Waals surface area contributed by atoms with Crippen LogP contribution >= 0.6 is 0 Å². The molecule has 0 atom stereocenters. The Balaban J connectivity index is 2.63. The van der Waals surface area contributed by atoms with Crippen LogP contribution < -0.4 is 0 Å². The normalized spacial score (nSPS) is 22.6. The van der Waals surface area contributed by atoms with Crippen LogP contribution in [-0.2, 0) is 9.63 Å². The largest absolute Gasteiger partial charge is 0.479 e. The van der Waals surface area contributed by atoms with Crippen LogP contribution in [0, 0.1) is 10.8 Å². The maximum absolute atomic E-state index is 10.3.